The van der Waals surface area contributed by atoms with Gasteiger partial charge in [0, 0.05) is 25.0 Å². The molecule has 1 heterocycles. The van der Waals surface area contributed by atoms with E-state index in [4.69, 9.17) is 5.73 Å². The number of piperidine rings is 1. The Morgan fingerprint density at radius 3 is 2.35 bits per heavy atom. The van der Waals surface area contributed by atoms with E-state index in [0.717, 1.165) is 45.2 Å². The Balaban J connectivity index is 1.73. The van der Waals surface area contributed by atoms with Gasteiger partial charge in [0.05, 0.1) is 6.04 Å². The van der Waals surface area contributed by atoms with Crippen LogP contribution in [0.1, 0.15) is 46.0 Å². The number of carbonyl (C=O) groups excluding carboxylic acids is 2. The normalized spacial score (nSPS) is 23.2. The monoisotopic (exact) mass is 281 g/mol. The number of hydrogen-bond donors (Lipinski definition) is 2. The van der Waals surface area contributed by atoms with Crippen molar-refractivity contribution in [1.29, 1.82) is 0 Å². The van der Waals surface area contributed by atoms with Crippen molar-refractivity contribution < 1.29 is 9.59 Å². The highest BCUT2D eigenvalue weighted by atomic mass is 16.2. The summed E-state index contributed by atoms with van der Waals surface area (Å²) in [7, 11) is 0. The highest BCUT2D eigenvalue weighted by Gasteiger charge is 2.35. The quantitative estimate of drug-likeness (QED) is 0.785. The number of amides is 2. The van der Waals surface area contributed by atoms with Gasteiger partial charge in [-0.05, 0) is 31.6 Å². The van der Waals surface area contributed by atoms with Crippen molar-refractivity contribution >= 4 is 11.8 Å². The predicted molar refractivity (Wildman–Crippen MR) is 77.9 cm³/mol. The van der Waals surface area contributed by atoms with Crippen molar-refractivity contribution in [2.45, 2.75) is 58.0 Å². The van der Waals surface area contributed by atoms with E-state index in [1.165, 1.54) is 0 Å². The number of nitrogens with zero attached hydrogens (tertiary/aromatic N) is 1. The summed E-state index contributed by atoms with van der Waals surface area (Å²) in [5, 5.41) is 3.04. The van der Waals surface area contributed by atoms with Crippen molar-refractivity contribution in [1.82, 2.24) is 10.2 Å². The molecule has 0 bridgehead atoms. The van der Waals surface area contributed by atoms with Gasteiger partial charge in [0.15, 0.2) is 0 Å². The Hall–Kier alpha value is -1.10. The molecule has 114 valence electrons. The number of nitrogens with two attached hydrogens (primary N) is 1. The first-order chi connectivity index (χ1) is 9.52. The van der Waals surface area contributed by atoms with Gasteiger partial charge in [-0.15, -0.1) is 0 Å². The molecular formula is C15H27N3O2. The largest absolute Gasteiger partial charge is 0.352 e. The minimum Gasteiger partial charge on any atom is -0.352 e. The SMILES string of the molecule is CC[C@H](C)[C@H](N)C(=O)NC1CCN(C(=O)C2CC2)CC1. The van der Waals surface area contributed by atoms with Crippen LogP contribution >= 0.6 is 0 Å². The molecular weight excluding hydrogens is 254 g/mol. The molecule has 2 atom stereocenters. The van der Waals surface area contributed by atoms with Crippen LogP contribution in [0, 0.1) is 11.8 Å². The van der Waals surface area contributed by atoms with Crippen molar-refractivity contribution in [2.75, 3.05) is 13.1 Å². The summed E-state index contributed by atoms with van der Waals surface area (Å²) in [6, 6.07) is -0.257. The van der Waals surface area contributed by atoms with Gasteiger partial charge in [-0.1, -0.05) is 20.3 Å². The third-order valence-electron chi connectivity index (χ3n) is 4.64. The number of likely N-dealkylation sites (tertiary alicyclic amines) is 1. The summed E-state index contributed by atoms with van der Waals surface area (Å²) >= 11 is 0. The highest BCUT2D eigenvalue weighted by molar-refractivity contribution is 5.82. The third kappa shape index (κ3) is 3.72. The van der Waals surface area contributed by atoms with E-state index in [0.29, 0.717) is 11.8 Å². The van der Waals surface area contributed by atoms with E-state index in [1.807, 2.05) is 18.7 Å². The van der Waals surface area contributed by atoms with E-state index in [-0.39, 0.29) is 17.9 Å². The fourth-order valence-electron chi connectivity index (χ4n) is 2.64. The van der Waals surface area contributed by atoms with Crippen molar-refractivity contribution in [2.24, 2.45) is 17.6 Å². The summed E-state index contributed by atoms with van der Waals surface area (Å²) in [4.78, 5) is 25.9. The molecule has 2 rings (SSSR count). The lowest BCUT2D eigenvalue weighted by molar-refractivity contribution is -0.133. The van der Waals surface area contributed by atoms with Gasteiger partial charge in [0.2, 0.25) is 11.8 Å². The lowest BCUT2D eigenvalue weighted by Crippen LogP contribution is -2.52. The van der Waals surface area contributed by atoms with Gasteiger partial charge in [-0.3, -0.25) is 9.59 Å². The molecule has 20 heavy (non-hydrogen) atoms. The van der Waals surface area contributed by atoms with E-state index >= 15 is 0 Å². The van der Waals surface area contributed by atoms with Gasteiger partial charge in [0.25, 0.3) is 0 Å². The minimum atomic E-state index is -0.425. The summed E-state index contributed by atoms with van der Waals surface area (Å²) in [6.07, 6.45) is 4.70. The first kappa shape index (κ1) is 15.3. The average Bonchev–Trinajstić information content (AvgIpc) is 3.30. The molecule has 0 unspecified atom stereocenters. The van der Waals surface area contributed by atoms with Crippen LogP contribution in [0.5, 0.6) is 0 Å². The number of rotatable bonds is 5. The fourth-order valence-corrected chi connectivity index (χ4v) is 2.64. The van der Waals surface area contributed by atoms with Crippen molar-refractivity contribution in [3.63, 3.8) is 0 Å². The number of carbonyl (C=O) groups is 2. The first-order valence-electron chi connectivity index (χ1n) is 7.87. The van der Waals surface area contributed by atoms with Crippen LogP contribution in [0.25, 0.3) is 0 Å². The molecule has 0 aromatic heterocycles. The first-order valence-corrected chi connectivity index (χ1v) is 7.87. The highest BCUT2D eigenvalue weighted by Crippen LogP contribution is 2.31. The van der Waals surface area contributed by atoms with Gasteiger partial charge >= 0.3 is 0 Å². The summed E-state index contributed by atoms with van der Waals surface area (Å²) in [6.45, 7) is 5.57. The summed E-state index contributed by atoms with van der Waals surface area (Å²) in [5.74, 6) is 0.754. The zero-order valence-corrected chi connectivity index (χ0v) is 12.6. The Bertz CT molecular complexity index is 360. The second-order valence-electron chi connectivity index (χ2n) is 6.29. The Morgan fingerprint density at radius 1 is 1.25 bits per heavy atom. The molecule has 0 aromatic carbocycles. The number of nitrogens with one attached hydrogen (secondary N) is 1. The van der Waals surface area contributed by atoms with Gasteiger partial charge in [0.1, 0.15) is 0 Å². The Labute approximate surface area is 121 Å². The van der Waals surface area contributed by atoms with Crippen molar-refractivity contribution in [3.05, 3.63) is 0 Å². The second-order valence-corrected chi connectivity index (χ2v) is 6.29. The Morgan fingerprint density at radius 2 is 1.85 bits per heavy atom. The van der Waals surface area contributed by atoms with Gasteiger partial charge in [-0.25, -0.2) is 0 Å². The molecule has 5 nitrogen and oxygen atoms in total. The minimum absolute atomic E-state index is 0.0497. The van der Waals surface area contributed by atoms with Crippen LogP contribution in [-0.2, 0) is 9.59 Å². The summed E-state index contributed by atoms with van der Waals surface area (Å²) in [5.41, 5.74) is 5.94. The van der Waals surface area contributed by atoms with Crippen LogP contribution in [0.3, 0.4) is 0 Å². The molecule has 1 aliphatic heterocycles. The maximum absolute atomic E-state index is 12.0. The van der Waals surface area contributed by atoms with E-state index < -0.39 is 6.04 Å². The van der Waals surface area contributed by atoms with Crippen molar-refractivity contribution in [3.8, 4) is 0 Å². The van der Waals surface area contributed by atoms with Crippen LogP contribution in [0.2, 0.25) is 0 Å². The molecule has 1 saturated carbocycles. The molecule has 2 amide bonds. The lowest BCUT2D eigenvalue weighted by atomic mass is 9.98. The topological polar surface area (TPSA) is 75.4 Å². The smallest absolute Gasteiger partial charge is 0.237 e. The van der Waals surface area contributed by atoms with Crippen LogP contribution in [-0.4, -0.2) is 41.9 Å². The van der Waals surface area contributed by atoms with Crippen LogP contribution in [0.15, 0.2) is 0 Å². The van der Waals surface area contributed by atoms with Crippen LogP contribution < -0.4 is 11.1 Å². The van der Waals surface area contributed by atoms with Crippen LogP contribution in [0.4, 0.5) is 0 Å². The standard InChI is InChI=1S/C15H27N3O2/c1-3-10(2)13(16)14(19)17-12-6-8-18(9-7-12)15(20)11-4-5-11/h10-13H,3-9,16H2,1-2H3,(H,17,19)/t10-,13-/m0/s1. The molecule has 5 heteroatoms. The average molecular weight is 281 g/mol. The molecule has 0 radical (unpaired) electrons. The number of hydrogen-bond acceptors (Lipinski definition) is 3. The van der Waals surface area contributed by atoms with E-state index in [1.54, 1.807) is 0 Å². The lowest BCUT2D eigenvalue weighted by Gasteiger charge is -2.33. The summed E-state index contributed by atoms with van der Waals surface area (Å²) < 4.78 is 0. The fraction of sp³-hybridized carbons (Fsp3) is 0.867. The molecule has 1 saturated heterocycles. The molecule has 0 aromatic rings. The zero-order valence-electron chi connectivity index (χ0n) is 12.6. The zero-order chi connectivity index (χ0) is 14.7. The van der Waals surface area contributed by atoms with E-state index in [9.17, 15) is 9.59 Å². The second kappa shape index (κ2) is 6.57. The Kier molecular flexibility index (Phi) is 5.02. The van der Waals surface area contributed by atoms with Gasteiger partial charge < -0.3 is 16.0 Å². The van der Waals surface area contributed by atoms with E-state index in [2.05, 4.69) is 5.32 Å². The molecule has 0 spiro atoms. The predicted octanol–water partition coefficient (Wildman–Crippen LogP) is 0.877. The molecule has 2 fully saturated rings. The molecule has 3 N–H and O–H groups in total. The molecule has 2 aliphatic rings. The third-order valence-corrected chi connectivity index (χ3v) is 4.64. The maximum Gasteiger partial charge on any atom is 0.237 e. The molecule has 1 aliphatic carbocycles. The van der Waals surface area contributed by atoms with Gasteiger partial charge in [-0.2, -0.15) is 0 Å². The maximum atomic E-state index is 12.0.